The Bertz CT molecular complexity index is 1810. The normalized spacial score (nSPS) is 12.1. The van der Waals surface area contributed by atoms with Crippen molar-refractivity contribution in [1.29, 1.82) is 0 Å². The molecule has 0 aliphatic heterocycles. The first-order valence-electron chi connectivity index (χ1n) is 18.4. The van der Waals surface area contributed by atoms with Crippen LogP contribution in [0.3, 0.4) is 0 Å². The van der Waals surface area contributed by atoms with E-state index in [2.05, 4.69) is 126 Å². The molecule has 0 unspecified atom stereocenters. The summed E-state index contributed by atoms with van der Waals surface area (Å²) in [7, 11) is 0. The fourth-order valence-corrected chi connectivity index (χ4v) is 6.27. The summed E-state index contributed by atoms with van der Waals surface area (Å²) in [6, 6.07) is 18.0. The molecule has 3 aromatic carbocycles. The number of phenolic OH excluding ortho intramolecular Hbond substituents is 1. The van der Waals surface area contributed by atoms with Crippen molar-refractivity contribution in [3.8, 4) is 11.5 Å². The van der Waals surface area contributed by atoms with Crippen LogP contribution in [0.15, 0.2) is 64.6 Å². The number of hydrogen-bond donors (Lipinski definition) is 2. The number of aromatic carboxylic acids is 1. The van der Waals surface area contributed by atoms with Gasteiger partial charge in [0.1, 0.15) is 5.75 Å². The molecule has 7 nitrogen and oxygen atoms in total. The summed E-state index contributed by atoms with van der Waals surface area (Å²) in [5.41, 5.74) is 13.7. The summed E-state index contributed by atoms with van der Waals surface area (Å²) < 4.78 is 0. The molecule has 0 fully saturated rings. The van der Waals surface area contributed by atoms with Crippen LogP contribution in [0.5, 0.6) is 11.5 Å². The topological polar surface area (TPSA) is 118 Å². The summed E-state index contributed by atoms with van der Waals surface area (Å²) in [5, 5.41) is 29.2. The SMILES string of the molecule is CC(=Nc1c(C(C)C)cc(C)cc1C(C)C)c1cccc(C(C)=Nc2c(C(C)C)cc(C)cc2C(C)C)n1.CC(C)c1ccc(O)c([O-])c1C(=O)O.[Co]. The summed E-state index contributed by atoms with van der Waals surface area (Å²) in [5.74, 6) is -1.11. The first-order chi connectivity index (χ1) is 24.2. The van der Waals surface area contributed by atoms with Crippen LogP contribution < -0.4 is 5.11 Å². The summed E-state index contributed by atoms with van der Waals surface area (Å²) in [6.07, 6.45) is 0. The number of phenols is 1. The van der Waals surface area contributed by atoms with Gasteiger partial charge >= 0.3 is 5.97 Å². The average molecular weight is 764 g/mol. The maximum Gasteiger partial charge on any atom is 0.335 e. The largest absolute Gasteiger partial charge is 0.869 e. The molecule has 0 saturated heterocycles. The number of rotatable bonds is 10. The van der Waals surface area contributed by atoms with Crippen molar-refractivity contribution in [2.75, 3.05) is 0 Å². The molecule has 1 heterocycles. The first-order valence-corrected chi connectivity index (χ1v) is 18.4. The molecule has 4 aromatic rings. The molecule has 0 aliphatic carbocycles. The molecule has 2 N–H and O–H groups in total. The minimum atomic E-state index is -1.30. The van der Waals surface area contributed by atoms with Crippen LogP contribution in [-0.4, -0.2) is 32.6 Å². The Morgan fingerprint density at radius 1 is 0.623 bits per heavy atom. The van der Waals surface area contributed by atoms with Crippen LogP contribution in [0, 0.1) is 13.8 Å². The predicted molar refractivity (Wildman–Crippen MR) is 215 cm³/mol. The van der Waals surface area contributed by atoms with Crippen LogP contribution in [0.25, 0.3) is 0 Å². The van der Waals surface area contributed by atoms with Gasteiger partial charge in [-0.2, -0.15) is 0 Å². The molecule has 1 radical (unpaired) electrons. The Labute approximate surface area is 328 Å². The third kappa shape index (κ3) is 11.1. The number of carbonyl (C=O) groups is 1. The third-order valence-corrected chi connectivity index (χ3v) is 9.17. The van der Waals surface area contributed by atoms with Gasteiger partial charge in [0.05, 0.1) is 39.7 Å². The number of aliphatic imine (C=N–C) groups is 2. The molecular formula is C45H58CoN3O4-. The monoisotopic (exact) mass is 763 g/mol. The van der Waals surface area contributed by atoms with Gasteiger partial charge in [-0.15, -0.1) is 0 Å². The second-order valence-electron chi connectivity index (χ2n) is 15.3. The van der Waals surface area contributed by atoms with Gasteiger partial charge in [0.2, 0.25) is 0 Å². The molecular weight excluding hydrogens is 705 g/mol. The Hall–Kier alpha value is -4.27. The van der Waals surface area contributed by atoms with Gasteiger partial charge in [0.25, 0.3) is 0 Å². The number of benzene rings is 3. The zero-order chi connectivity index (χ0) is 39.2. The molecule has 8 heteroatoms. The summed E-state index contributed by atoms with van der Waals surface area (Å²) in [6.45, 7) is 30.0. The van der Waals surface area contributed by atoms with E-state index in [1.165, 1.54) is 45.5 Å². The number of aromatic nitrogens is 1. The van der Waals surface area contributed by atoms with E-state index < -0.39 is 17.5 Å². The van der Waals surface area contributed by atoms with Crippen molar-refractivity contribution in [2.45, 2.75) is 127 Å². The number of aryl methyl sites for hydroxylation is 2. The minimum absolute atomic E-state index is 0. The summed E-state index contributed by atoms with van der Waals surface area (Å²) in [4.78, 5) is 26.2. The first kappa shape index (κ1) is 44.9. The maximum absolute atomic E-state index is 11.3. The van der Waals surface area contributed by atoms with Crippen LogP contribution in [0.2, 0.25) is 0 Å². The smallest absolute Gasteiger partial charge is 0.335 e. The van der Waals surface area contributed by atoms with Gasteiger partial charge in [-0.05, 0) is 103 Å². The van der Waals surface area contributed by atoms with E-state index in [0.717, 1.165) is 34.2 Å². The quantitative estimate of drug-likeness (QED) is 0.156. The third-order valence-electron chi connectivity index (χ3n) is 9.17. The van der Waals surface area contributed by atoms with E-state index >= 15 is 0 Å². The van der Waals surface area contributed by atoms with E-state index in [1.54, 1.807) is 13.8 Å². The number of pyridine rings is 1. The zero-order valence-electron chi connectivity index (χ0n) is 34.0. The number of carboxylic acids is 1. The fraction of sp³-hybridized carbons (Fsp3) is 0.422. The van der Waals surface area contributed by atoms with Crippen molar-refractivity contribution >= 4 is 28.8 Å². The fourth-order valence-electron chi connectivity index (χ4n) is 6.27. The standard InChI is InChI=1S/C35H47N3.C10H12O4.Co/c1-20(2)28-16-24(9)17-29(21(3)4)34(28)36-26(11)32-14-13-15-33(38-32)27(12)37-35-30(22(5)6)18-25(10)19-31(35)23(7)8;1-5(2)6-3-4-7(11)9(12)8(6)10(13)14;/h13-23H,1-12H3;3-5,11-12H,1-2H3,(H,13,14);/p-1. The van der Waals surface area contributed by atoms with Gasteiger partial charge in [-0.3, -0.25) is 9.98 Å². The summed E-state index contributed by atoms with van der Waals surface area (Å²) >= 11 is 0. The maximum atomic E-state index is 11.3. The van der Waals surface area contributed by atoms with E-state index in [0.29, 0.717) is 29.2 Å². The number of hydrogen-bond acceptors (Lipinski definition) is 6. The molecule has 0 spiro atoms. The van der Waals surface area contributed by atoms with E-state index in [1.807, 2.05) is 0 Å². The Balaban J connectivity index is 0.000000545. The molecule has 53 heavy (non-hydrogen) atoms. The van der Waals surface area contributed by atoms with Crippen molar-refractivity contribution in [2.24, 2.45) is 9.98 Å². The molecule has 4 rings (SSSR count). The average Bonchev–Trinajstić information content (AvgIpc) is 3.06. The number of carboxylic acid groups (broad SMARTS) is 1. The van der Waals surface area contributed by atoms with Crippen LogP contribution in [-0.2, 0) is 16.8 Å². The molecule has 287 valence electrons. The van der Waals surface area contributed by atoms with Crippen molar-refractivity contribution in [3.05, 3.63) is 110 Å². The van der Waals surface area contributed by atoms with Gasteiger partial charge < -0.3 is 15.3 Å². The van der Waals surface area contributed by atoms with Gasteiger partial charge in [0.15, 0.2) is 0 Å². The molecule has 0 aliphatic rings. The Morgan fingerprint density at radius 3 is 1.26 bits per heavy atom. The second-order valence-corrected chi connectivity index (χ2v) is 15.3. The number of aromatic hydroxyl groups is 1. The van der Waals surface area contributed by atoms with E-state index in [4.69, 9.17) is 25.2 Å². The Morgan fingerprint density at radius 2 is 0.962 bits per heavy atom. The van der Waals surface area contributed by atoms with Crippen molar-refractivity contribution in [1.82, 2.24) is 4.98 Å². The van der Waals surface area contributed by atoms with Crippen molar-refractivity contribution < 1.29 is 36.9 Å². The zero-order valence-corrected chi connectivity index (χ0v) is 35.0. The molecule has 0 saturated carbocycles. The predicted octanol–water partition coefficient (Wildman–Crippen LogP) is 11.8. The molecule has 0 atom stereocenters. The van der Waals surface area contributed by atoms with Gasteiger partial charge in [0, 0.05) is 16.8 Å². The van der Waals surface area contributed by atoms with Crippen molar-refractivity contribution in [3.63, 3.8) is 0 Å². The van der Waals surface area contributed by atoms with Crippen LogP contribution in [0.1, 0.15) is 173 Å². The van der Waals surface area contributed by atoms with E-state index in [9.17, 15) is 9.90 Å². The van der Waals surface area contributed by atoms with Gasteiger partial charge in [-0.1, -0.05) is 123 Å². The second kappa shape index (κ2) is 19.2. The molecule has 0 bridgehead atoms. The van der Waals surface area contributed by atoms with Crippen LogP contribution >= 0.6 is 0 Å². The van der Waals surface area contributed by atoms with E-state index in [-0.39, 0.29) is 28.3 Å². The minimum Gasteiger partial charge on any atom is -0.869 e. The molecule has 0 amide bonds. The van der Waals surface area contributed by atoms with Gasteiger partial charge in [-0.25, -0.2) is 9.78 Å². The Kier molecular flexibility index (Phi) is 16.2. The molecule has 1 aromatic heterocycles. The number of nitrogens with zero attached hydrogens (tertiary/aromatic N) is 3. The van der Waals surface area contributed by atoms with Crippen LogP contribution in [0.4, 0.5) is 11.4 Å².